The first-order valence-corrected chi connectivity index (χ1v) is 13.3. The number of allylic oxidation sites excluding steroid dienone is 7. The summed E-state index contributed by atoms with van der Waals surface area (Å²) in [4.78, 5) is 9.75. The predicted molar refractivity (Wildman–Crippen MR) is 170 cm³/mol. The lowest BCUT2D eigenvalue weighted by Crippen LogP contribution is -2.45. The summed E-state index contributed by atoms with van der Waals surface area (Å²) in [5, 5.41) is 20.4. The maximum atomic E-state index is 10.7. The van der Waals surface area contributed by atoms with Crippen molar-refractivity contribution in [2.24, 2.45) is 15.9 Å². The number of nitrogens with zero attached hydrogens (tertiary/aromatic N) is 3. The molecule has 0 radical (unpaired) electrons. The molecule has 214 valence electrons. The number of hydrogen-bond donors (Lipinski definition) is 4. The maximum Gasteiger partial charge on any atom is 0.152 e. The van der Waals surface area contributed by atoms with Gasteiger partial charge >= 0.3 is 0 Å². The Morgan fingerprint density at radius 2 is 1.79 bits per heavy atom. The van der Waals surface area contributed by atoms with Gasteiger partial charge in [-0.15, -0.1) is 19.7 Å². The van der Waals surface area contributed by atoms with Crippen LogP contribution in [0.2, 0.25) is 0 Å². The predicted octanol–water partition coefficient (Wildman–Crippen LogP) is 5.01. The van der Waals surface area contributed by atoms with Gasteiger partial charge in [0.25, 0.3) is 0 Å². The van der Waals surface area contributed by atoms with E-state index in [0.29, 0.717) is 5.92 Å². The Hall–Kier alpha value is -3.16. The first kappa shape index (κ1) is 37.0. The van der Waals surface area contributed by atoms with Crippen LogP contribution in [0.1, 0.15) is 40.5 Å². The van der Waals surface area contributed by atoms with Gasteiger partial charge in [-0.05, 0) is 39.7 Å². The fourth-order valence-electron chi connectivity index (χ4n) is 3.53. The van der Waals surface area contributed by atoms with E-state index in [0.717, 1.165) is 50.3 Å². The fraction of sp³-hybridized carbons (Fsp3) is 0.484. The first-order valence-electron chi connectivity index (χ1n) is 13.3. The number of aliphatic imine (C=N–C) groups is 2. The average molecular weight is 527 g/mol. The molecule has 0 amide bonds. The van der Waals surface area contributed by atoms with Gasteiger partial charge in [0.15, 0.2) is 6.23 Å². The van der Waals surface area contributed by atoms with Crippen molar-refractivity contribution in [1.82, 2.24) is 20.9 Å². The van der Waals surface area contributed by atoms with E-state index in [2.05, 4.69) is 89.6 Å². The molecule has 7 heteroatoms. The molecule has 2 rings (SSSR count). The molecular formula is C31H54N6O. The number of aliphatic hydroxyl groups excluding tert-OH is 1. The molecule has 0 aromatic rings. The number of aliphatic hydroxyl groups is 1. The summed E-state index contributed by atoms with van der Waals surface area (Å²) < 4.78 is 0. The highest BCUT2D eigenvalue weighted by molar-refractivity contribution is 6.15. The minimum absolute atomic E-state index is 0.426. The summed E-state index contributed by atoms with van der Waals surface area (Å²) in [6.07, 6.45) is 18.7. The summed E-state index contributed by atoms with van der Waals surface area (Å²) in [5.41, 5.74) is 4.51. The third-order valence-electron chi connectivity index (χ3n) is 5.69. The van der Waals surface area contributed by atoms with Crippen LogP contribution in [-0.4, -0.2) is 76.0 Å². The fourth-order valence-corrected chi connectivity index (χ4v) is 3.53. The molecule has 2 unspecified atom stereocenters. The second-order valence-corrected chi connectivity index (χ2v) is 8.29. The SMILES string of the molecule is C/C=C\C(=C/NC)C(O)NC1=C(N2CCNCC2)CC(/C(C)=C/C)C=C1.C=C.C=CCC.CN=CC=NC. The van der Waals surface area contributed by atoms with Crippen LogP contribution in [0.4, 0.5) is 0 Å². The van der Waals surface area contributed by atoms with Crippen LogP contribution in [0.5, 0.6) is 0 Å². The van der Waals surface area contributed by atoms with Gasteiger partial charge in [-0.2, -0.15) is 0 Å². The molecular weight excluding hydrogens is 472 g/mol. The van der Waals surface area contributed by atoms with E-state index in [1.807, 2.05) is 38.4 Å². The van der Waals surface area contributed by atoms with E-state index in [1.165, 1.54) is 11.3 Å². The Morgan fingerprint density at radius 1 is 1.21 bits per heavy atom. The Bertz CT molecular complexity index is 819. The van der Waals surface area contributed by atoms with Gasteiger partial charge in [-0.3, -0.25) is 9.98 Å². The van der Waals surface area contributed by atoms with E-state index in [4.69, 9.17) is 0 Å². The van der Waals surface area contributed by atoms with Crippen molar-refractivity contribution in [3.05, 3.63) is 84.9 Å². The van der Waals surface area contributed by atoms with Crippen LogP contribution < -0.4 is 16.0 Å². The zero-order valence-electron chi connectivity index (χ0n) is 25.0. The van der Waals surface area contributed by atoms with Gasteiger partial charge in [0.2, 0.25) is 0 Å². The quantitative estimate of drug-likeness (QED) is 0.147. The standard InChI is InChI=1S/C21H34N4O.C4H8N2.C4H8.C2H4/c1-5-7-18(15-22-4)21(26)24-19-9-8-17(16(3)6-2)14-20(19)25-12-10-23-11-13-25;1-5-3-4-6-2;1-3-4-2;1-2/h5-9,15,17,21-24,26H,10-14H2,1-4H3;3-4H,1-2H3;3H,1,4H2,2H3;1-2H2/b7-5-,16-6+,18-15+;;;. The molecule has 0 saturated carbocycles. The molecule has 0 aromatic heterocycles. The molecule has 1 aliphatic carbocycles. The molecule has 7 nitrogen and oxygen atoms in total. The maximum absolute atomic E-state index is 10.7. The van der Waals surface area contributed by atoms with Crippen LogP contribution in [0.25, 0.3) is 0 Å². The minimum atomic E-state index is -0.754. The second-order valence-electron chi connectivity index (χ2n) is 8.29. The number of nitrogens with one attached hydrogen (secondary N) is 3. The van der Waals surface area contributed by atoms with E-state index >= 15 is 0 Å². The zero-order valence-corrected chi connectivity index (χ0v) is 25.0. The lowest BCUT2D eigenvalue weighted by Gasteiger charge is -2.36. The summed E-state index contributed by atoms with van der Waals surface area (Å²) in [6.45, 7) is 21.8. The lowest BCUT2D eigenvalue weighted by atomic mass is 9.89. The summed E-state index contributed by atoms with van der Waals surface area (Å²) >= 11 is 0. The summed E-state index contributed by atoms with van der Waals surface area (Å²) in [7, 11) is 5.26. The van der Waals surface area contributed by atoms with E-state index in [1.54, 1.807) is 26.5 Å². The topological polar surface area (TPSA) is 84.3 Å². The molecule has 38 heavy (non-hydrogen) atoms. The highest BCUT2D eigenvalue weighted by Crippen LogP contribution is 2.30. The Labute approximate surface area is 233 Å². The molecule has 1 aliphatic heterocycles. The summed E-state index contributed by atoms with van der Waals surface area (Å²) in [6, 6.07) is 0. The van der Waals surface area contributed by atoms with Crippen molar-refractivity contribution < 1.29 is 5.11 Å². The van der Waals surface area contributed by atoms with Crippen molar-refractivity contribution in [3.63, 3.8) is 0 Å². The van der Waals surface area contributed by atoms with Gasteiger partial charge < -0.3 is 26.0 Å². The molecule has 0 bridgehead atoms. The van der Waals surface area contributed by atoms with Crippen molar-refractivity contribution in [1.29, 1.82) is 0 Å². The van der Waals surface area contributed by atoms with Crippen molar-refractivity contribution in [2.45, 2.75) is 46.8 Å². The highest BCUT2D eigenvalue weighted by Gasteiger charge is 2.24. The molecule has 1 fully saturated rings. The summed E-state index contributed by atoms with van der Waals surface area (Å²) in [5.74, 6) is 0.426. The normalized spacial score (nSPS) is 18.7. The van der Waals surface area contributed by atoms with Crippen LogP contribution in [0, 0.1) is 5.92 Å². The van der Waals surface area contributed by atoms with Crippen molar-refractivity contribution in [3.8, 4) is 0 Å². The zero-order chi connectivity index (χ0) is 29.2. The van der Waals surface area contributed by atoms with Gasteiger partial charge in [0, 0.05) is 83.1 Å². The molecule has 1 heterocycles. The second kappa shape index (κ2) is 25.5. The number of piperazine rings is 1. The average Bonchev–Trinajstić information content (AvgIpc) is 2.97. The van der Waals surface area contributed by atoms with Gasteiger partial charge in [-0.25, -0.2) is 0 Å². The third-order valence-corrected chi connectivity index (χ3v) is 5.69. The van der Waals surface area contributed by atoms with E-state index < -0.39 is 6.23 Å². The molecule has 1 saturated heterocycles. The molecule has 4 N–H and O–H groups in total. The van der Waals surface area contributed by atoms with Crippen LogP contribution in [0.3, 0.4) is 0 Å². The van der Waals surface area contributed by atoms with Gasteiger partial charge in [0.1, 0.15) is 0 Å². The lowest BCUT2D eigenvalue weighted by molar-refractivity contribution is 0.185. The van der Waals surface area contributed by atoms with Gasteiger partial charge in [-0.1, -0.05) is 42.9 Å². The monoisotopic (exact) mass is 526 g/mol. The molecule has 0 spiro atoms. The van der Waals surface area contributed by atoms with Crippen molar-refractivity contribution >= 4 is 12.4 Å². The Morgan fingerprint density at radius 3 is 2.24 bits per heavy atom. The molecule has 0 aromatic carbocycles. The first-order chi connectivity index (χ1) is 18.4. The molecule has 2 aliphatic rings. The highest BCUT2D eigenvalue weighted by atomic mass is 16.3. The Balaban J connectivity index is 0. The number of hydrogen-bond acceptors (Lipinski definition) is 7. The minimum Gasteiger partial charge on any atom is -0.394 e. The third kappa shape index (κ3) is 15.8. The van der Waals surface area contributed by atoms with E-state index in [-0.39, 0.29) is 0 Å². The number of rotatable bonds is 9. The van der Waals surface area contributed by atoms with E-state index in [9.17, 15) is 5.11 Å². The van der Waals surface area contributed by atoms with Crippen molar-refractivity contribution in [2.75, 3.05) is 47.3 Å². The van der Waals surface area contributed by atoms with Crippen LogP contribution in [-0.2, 0) is 0 Å². The molecule has 2 atom stereocenters. The van der Waals surface area contributed by atoms with Crippen LogP contribution in [0.15, 0.2) is 94.9 Å². The largest absolute Gasteiger partial charge is 0.394 e. The van der Waals surface area contributed by atoms with Crippen LogP contribution >= 0.6 is 0 Å². The van der Waals surface area contributed by atoms with Gasteiger partial charge in [0.05, 0.1) is 5.70 Å². The smallest absolute Gasteiger partial charge is 0.152 e. The Kier molecular flexibility index (Phi) is 24.8.